The molecule has 1 aliphatic carbocycles. The van der Waals surface area contributed by atoms with Crippen molar-refractivity contribution in [2.75, 3.05) is 7.11 Å². The molecule has 1 aromatic heterocycles. The lowest BCUT2D eigenvalue weighted by molar-refractivity contribution is -0.144. The van der Waals surface area contributed by atoms with Crippen molar-refractivity contribution in [2.45, 2.75) is 37.8 Å². The van der Waals surface area contributed by atoms with Gasteiger partial charge in [0, 0.05) is 18.4 Å². The molecule has 0 unspecified atom stereocenters. The number of rotatable bonds is 5. The van der Waals surface area contributed by atoms with E-state index in [1.54, 1.807) is 6.07 Å². The Hall–Kier alpha value is -3.00. The average Bonchev–Trinajstić information content (AvgIpc) is 2.67. The predicted molar refractivity (Wildman–Crippen MR) is 100 cm³/mol. The Balaban J connectivity index is 1.95. The molecule has 1 heterocycles. The smallest absolute Gasteiger partial charge is 0.261 e. The Morgan fingerprint density at radius 3 is 2.71 bits per heavy atom. The number of aromatic nitrogens is 1. The molecule has 0 saturated heterocycles. The van der Waals surface area contributed by atoms with Crippen LogP contribution in [0.25, 0.3) is 0 Å². The van der Waals surface area contributed by atoms with Crippen molar-refractivity contribution in [3.63, 3.8) is 0 Å². The van der Waals surface area contributed by atoms with Crippen LogP contribution in [0.2, 0.25) is 0 Å². The molecule has 2 amide bonds. The van der Waals surface area contributed by atoms with E-state index in [-0.39, 0.29) is 11.1 Å². The van der Waals surface area contributed by atoms with Crippen LogP contribution in [0.4, 0.5) is 4.39 Å². The van der Waals surface area contributed by atoms with E-state index >= 15 is 0 Å². The summed E-state index contributed by atoms with van der Waals surface area (Å²) >= 11 is 0. The quantitative estimate of drug-likeness (QED) is 0.724. The van der Waals surface area contributed by atoms with Crippen molar-refractivity contribution in [1.29, 1.82) is 0 Å². The summed E-state index contributed by atoms with van der Waals surface area (Å²) in [5.41, 5.74) is 4.40. The summed E-state index contributed by atoms with van der Waals surface area (Å²) in [5, 5.41) is 2.87. The molecule has 0 aliphatic heterocycles. The summed E-state index contributed by atoms with van der Waals surface area (Å²) in [7, 11) is 1.34. The fourth-order valence-corrected chi connectivity index (χ4v) is 3.54. The van der Waals surface area contributed by atoms with Crippen LogP contribution >= 0.6 is 0 Å². The molecule has 2 atom stereocenters. The molecule has 0 radical (unpaired) electrons. The first kappa shape index (κ1) is 19.8. The van der Waals surface area contributed by atoms with Crippen LogP contribution in [0.5, 0.6) is 0 Å². The molecule has 3 rings (SSSR count). The maximum Gasteiger partial charge on any atom is 0.261 e. The number of aryl methyl sites for hydroxylation is 1. The molecule has 7 nitrogen and oxygen atoms in total. The number of halogens is 1. The minimum atomic E-state index is -1.54. The highest BCUT2D eigenvalue weighted by molar-refractivity contribution is 5.92. The SMILES string of the molecule is CO[C@](C)(C(=O)N[C@H]1CCCc2[nH]c(=O)c(C(N)=O)cc21)c1ccccc1F. The van der Waals surface area contributed by atoms with Crippen LogP contribution in [-0.4, -0.2) is 23.9 Å². The Bertz CT molecular complexity index is 988. The van der Waals surface area contributed by atoms with E-state index in [1.165, 1.54) is 38.3 Å². The summed E-state index contributed by atoms with van der Waals surface area (Å²) in [5.74, 6) is -1.91. The number of amides is 2. The molecule has 0 bridgehead atoms. The molecule has 1 aliphatic rings. The Morgan fingerprint density at radius 1 is 1.36 bits per heavy atom. The second kappa shape index (κ2) is 7.55. The summed E-state index contributed by atoms with van der Waals surface area (Å²) < 4.78 is 19.7. The van der Waals surface area contributed by atoms with Crippen molar-refractivity contribution < 1.29 is 18.7 Å². The number of nitrogens with two attached hydrogens (primary N) is 1. The lowest BCUT2D eigenvalue weighted by Crippen LogP contribution is -2.46. The zero-order valence-electron chi connectivity index (χ0n) is 15.7. The first-order valence-corrected chi connectivity index (χ1v) is 8.95. The number of H-pyrrole nitrogens is 1. The molecule has 8 heteroatoms. The first-order valence-electron chi connectivity index (χ1n) is 8.95. The van der Waals surface area contributed by atoms with Crippen LogP contribution in [0.15, 0.2) is 35.1 Å². The molecule has 148 valence electrons. The zero-order chi connectivity index (χ0) is 20.5. The number of primary amides is 1. The number of aromatic amines is 1. The molecule has 2 aromatic rings. The van der Waals surface area contributed by atoms with Gasteiger partial charge in [0.15, 0.2) is 5.60 Å². The number of pyridine rings is 1. The van der Waals surface area contributed by atoms with Crippen molar-refractivity contribution in [3.8, 4) is 0 Å². The van der Waals surface area contributed by atoms with Gasteiger partial charge in [0.1, 0.15) is 11.4 Å². The van der Waals surface area contributed by atoms with E-state index in [0.29, 0.717) is 24.1 Å². The Morgan fingerprint density at radius 2 is 2.07 bits per heavy atom. The normalized spacial score (nSPS) is 18.0. The number of ether oxygens (including phenoxy) is 1. The van der Waals surface area contributed by atoms with Gasteiger partial charge in [0.25, 0.3) is 17.4 Å². The van der Waals surface area contributed by atoms with Crippen molar-refractivity contribution in [2.24, 2.45) is 5.73 Å². The highest BCUT2D eigenvalue weighted by atomic mass is 19.1. The number of hydrogen-bond acceptors (Lipinski definition) is 4. The molecule has 0 spiro atoms. The fraction of sp³-hybridized carbons (Fsp3) is 0.350. The molecule has 28 heavy (non-hydrogen) atoms. The van der Waals surface area contributed by atoms with Gasteiger partial charge in [-0.15, -0.1) is 0 Å². The number of hydrogen-bond donors (Lipinski definition) is 3. The fourth-order valence-electron chi connectivity index (χ4n) is 3.54. The van der Waals surface area contributed by atoms with Gasteiger partial charge in [-0.2, -0.15) is 0 Å². The van der Waals surface area contributed by atoms with Crippen LogP contribution in [0, 0.1) is 5.82 Å². The number of fused-ring (bicyclic) bond motifs is 1. The van der Waals surface area contributed by atoms with Crippen LogP contribution in [0.1, 0.15) is 53.0 Å². The summed E-state index contributed by atoms with van der Waals surface area (Å²) in [4.78, 5) is 39.2. The third kappa shape index (κ3) is 3.43. The monoisotopic (exact) mass is 387 g/mol. The van der Waals surface area contributed by atoms with E-state index in [4.69, 9.17) is 10.5 Å². The van der Waals surface area contributed by atoms with Crippen molar-refractivity contribution in [3.05, 3.63) is 68.9 Å². The summed E-state index contributed by atoms with van der Waals surface area (Å²) in [6.07, 6.45) is 1.94. The third-order valence-corrected chi connectivity index (χ3v) is 5.25. The first-order chi connectivity index (χ1) is 13.3. The molecular formula is C20H22FN3O4. The molecular weight excluding hydrogens is 365 g/mol. The lowest BCUT2D eigenvalue weighted by Gasteiger charge is -2.32. The Kier molecular flexibility index (Phi) is 5.33. The third-order valence-electron chi connectivity index (χ3n) is 5.25. The zero-order valence-corrected chi connectivity index (χ0v) is 15.7. The Labute approximate surface area is 161 Å². The second-order valence-electron chi connectivity index (χ2n) is 6.95. The minimum Gasteiger partial charge on any atom is -0.365 e. The van der Waals surface area contributed by atoms with Crippen molar-refractivity contribution in [1.82, 2.24) is 10.3 Å². The molecule has 0 fully saturated rings. The van der Waals surface area contributed by atoms with Gasteiger partial charge < -0.3 is 20.8 Å². The van der Waals surface area contributed by atoms with E-state index in [9.17, 15) is 18.8 Å². The van der Waals surface area contributed by atoms with E-state index < -0.39 is 34.8 Å². The highest BCUT2D eigenvalue weighted by Crippen LogP contribution is 2.32. The maximum atomic E-state index is 14.3. The van der Waals surface area contributed by atoms with Gasteiger partial charge >= 0.3 is 0 Å². The van der Waals surface area contributed by atoms with Crippen molar-refractivity contribution >= 4 is 11.8 Å². The molecule has 1 aromatic carbocycles. The van der Waals surface area contributed by atoms with Gasteiger partial charge in [0.05, 0.1) is 6.04 Å². The number of benzene rings is 1. The minimum absolute atomic E-state index is 0.116. The second-order valence-corrected chi connectivity index (χ2v) is 6.95. The number of methoxy groups -OCH3 is 1. The number of carbonyl (C=O) groups is 2. The van der Waals surface area contributed by atoms with E-state index in [2.05, 4.69) is 10.3 Å². The summed E-state index contributed by atoms with van der Waals surface area (Å²) in [6.45, 7) is 1.49. The standard InChI is InChI=1S/C20H22FN3O4/c1-20(28-2,13-6-3-4-7-14(13)21)19(27)24-16-9-5-8-15-11(16)10-12(17(22)25)18(26)23-15/h3-4,6-7,10,16H,5,8-9H2,1-2H3,(H2,22,25)(H,23,26)(H,24,27)/t16-,20-/m0/s1. The molecule has 4 N–H and O–H groups in total. The predicted octanol–water partition coefficient (Wildman–Crippen LogP) is 1.67. The van der Waals surface area contributed by atoms with Gasteiger partial charge in [-0.05, 0) is 43.9 Å². The lowest BCUT2D eigenvalue weighted by atomic mass is 9.88. The number of nitrogens with one attached hydrogen (secondary N) is 2. The van der Waals surface area contributed by atoms with Crippen LogP contribution in [-0.2, 0) is 21.6 Å². The van der Waals surface area contributed by atoms with Crippen LogP contribution < -0.4 is 16.6 Å². The van der Waals surface area contributed by atoms with Gasteiger partial charge in [-0.25, -0.2) is 4.39 Å². The average molecular weight is 387 g/mol. The number of carbonyl (C=O) groups excluding carboxylic acids is 2. The van der Waals surface area contributed by atoms with E-state index in [1.807, 2.05) is 0 Å². The summed E-state index contributed by atoms with van der Waals surface area (Å²) in [6, 6.07) is 6.88. The van der Waals surface area contributed by atoms with Crippen LogP contribution in [0.3, 0.4) is 0 Å². The van der Waals surface area contributed by atoms with E-state index in [0.717, 1.165) is 6.42 Å². The van der Waals surface area contributed by atoms with Gasteiger partial charge in [-0.3, -0.25) is 14.4 Å². The molecule has 0 saturated carbocycles. The highest BCUT2D eigenvalue weighted by Gasteiger charge is 2.39. The maximum absolute atomic E-state index is 14.3. The van der Waals surface area contributed by atoms with Gasteiger partial charge in [-0.1, -0.05) is 18.2 Å². The topological polar surface area (TPSA) is 114 Å². The van der Waals surface area contributed by atoms with Gasteiger partial charge in [0.2, 0.25) is 0 Å². The largest absolute Gasteiger partial charge is 0.365 e.